The molecule has 2 unspecified atom stereocenters. The van der Waals surface area contributed by atoms with E-state index in [0.29, 0.717) is 12.2 Å². The fourth-order valence-electron chi connectivity index (χ4n) is 1.70. The molecule has 5 heteroatoms. The second kappa shape index (κ2) is 7.52. The Balaban J connectivity index is 4.12. The monoisotopic (exact) mass is 273 g/mol. The lowest BCUT2D eigenvalue weighted by atomic mass is 9.89. The maximum Gasteiger partial charge on any atom is 0.319 e. The first-order valence-corrected chi connectivity index (χ1v) is 7.60. The molecule has 0 rings (SSSR count). The van der Waals surface area contributed by atoms with Gasteiger partial charge in [0.25, 0.3) is 0 Å². The average molecular weight is 273 g/mol. The first-order valence-electron chi connectivity index (χ1n) is 6.22. The van der Waals surface area contributed by atoms with Crippen LogP contribution < -0.4 is 0 Å². The SMILES string of the molecule is CC(C)C(C(=O)O)S(=O)CCCCC(C)(C)C#N. The van der Waals surface area contributed by atoms with E-state index >= 15 is 0 Å². The molecule has 4 nitrogen and oxygen atoms in total. The molecule has 0 aromatic rings. The van der Waals surface area contributed by atoms with Gasteiger partial charge in [-0.05, 0) is 32.6 Å². The molecular weight excluding hydrogens is 250 g/mol. The van der Waals surface area contributed by atoms with Gasteiger partial charge in [0.2, 0.25) is 0 Å². The molecule has 0 radical (unpaired) electrons. The highest BCUT2D eigenvalue weighted by Crippen LogP contribution is 2.22. The maximum absolute atomic E-state index is 11.9. The number of hydrogen-bond acceptors (Lipinski definition) is 3. The van der Waals surface area contributed by atoms with Crippen molar-refractivity contribution in [3.8, 4) is 6.07 Å². The Kier molecular flexibility index (Phi) is 7.15. The Bertz CT molecular complexity index is 345. The first kappa shape index (κ1) is 17.1. The summed E-state index contributed by atoms with van der Waals surface area (Å²) in [7, 11) is -1.33. The molecule has 0 aromatic heterocycles. The highest BCUT2D eigenvalue weighted by molar-refractivity contribution is 7.86. The number of carboxylic acids is 1. The van der Waals surface area contributed by atoms with Crippen molar-refractivity contribution in [3.63, 3.8) is 0 Å². The summed E-state index contributed by atoms with van der Waals surface area (Å²) in [5, 5.41) is 17.1. The van der Waals surface area contributed by atoms with E-state index in [0.717, 1.165) is 12.8 Å². The van der Waals surface area contributed by atoms with Gasteiger partial charge in [-0.3, -0.25) is 9.00 Å². The number of nitrogens with zero attached hydrogens (tertiary/aromatic N) is 1. The molecule has 18 heavy (non-hydrogen) atoms. The van der Waals surface area contributed by atoms with Gasteiger partial charge in [0.15, 0.2) is 0 Å². The van der Waals surface area contributed by atoms with Crippen LogP contribution in [0.4, 0.5) is 0 Å². The van der Waals surface area contributed by atoms with Crippen molar-refractivity contribution < 1.29 is 14.1 Å². The van der Waals surface area contributed by atoms with E-state index in [1.54, 1.807) is 13.8 Å². The van der Waals surface area contributed by atoms with Gasteiger partial charge in [-0.15, -0.1) is 0 Å². The van der Waals surface area contributed by atoms with Crippen molar-refractivity contribution in [3.05, 3.63) is 0 Å². The second-order valence-electron chi connectivity index (χ2n) is 5.54. The second-order valence-corrected chi connectivity index (χ2v) is 7.22. The zero-order chi connectivity index (χ0) is 14.3. The van der Waals surface area contributed by atoms with Crippen LogP contribution in [0.5, 0.6) is 0 Å². The molecule has 104 valence electrons. The third kappa shape index (κ3) is 6.15. The Morgan fingerprint density at radius 1 is 1.39 bits per heavy atom. The minimum Gasteiger partial charge on any atom is -0.480 e. The lowest BCUT2D eigenvalue weighted by molar-refractivity contribution is -0.137. The van der Waals surface area contributed by atoms with Crippen LogP contribution in [0.3, 0.4) is 0 Å². The molecule has 0 spiro atoms. The largest absolute Gasteiger partial charge is 0.480 e. The number of nitriles is 1. The Morgan fingerprint density at radius 3 is 2.33 bits per heavy atom. The zero-order valence-corrected chi connectivity index (χ0v) is 12.4. The van der Waals surface area contributed by atoms with Crippen molar-refractivity contribution in [2.75, 3.05) is 5.75 Å². The standard InChI is InChI=1S/C13H23NO3S/c1-10(2)11(12(15)16)18(17)8-6-5-7-13(3,4)9-14/h10-11H,5-8H2,1-4H3,(H,15,16). The van der Waals surface area contributed by atoms with Crippen LogP contribution in [0.15, 0.2) is 0 Å². The minimum absolute atomic E-state index is 0.126. The smallest absolute Gasteiger partial charge is 0.319 e. The van der Waals surface area contributed by atoms with Crippen molar-refractivity contribution in [1.82, 2.24) is 0 Å². The summed E-state index contributed by atoms with van der Waals surface area (Å²) in [6, 6.07) is 2.22. The van der Waals surface area contributed by atoms with E-state index in [9.17, 15) is 9.00 Å². The van der Waals surface area contributed by atoms with Crippen molar-refractivity contribution in [1.29, 1.82) is 5.26 Å². The molecule has 0 aromatic carbocycles. The van der Waals surface area contributed by atoms with Crippen molar-refractivity contribution in [2.45, 2.75) is 52.2 Å². The summed E-state index contributed by atoms with van der Waals surface area (Å²) in [5.41, 5.74) is -0.355. The van der Waals surface area contributed by atoms with Gasteiger partial charge in [0.1, 0.15) is 5.25 Å². The summed E-state index contributed by atoms with van der Waals surface area (Å²) in [5.74, 6) is -0.712. The van der Waals surface area contributed by atoms with Crippen LogP contribution in [0.25, 0.3) is 0 Å². The molecule has 0 heterocycles. The zero-order valence-electron chi connectivity index (χ0n) is 11.6. The maximum atomic E-state index is 11.9. The van der Waals surface area contributed by atoms with E-state index in [1.807, 2.05) is 13.8 Å². The molecular formula is C13H23NO3S. The van der Waals surface area contributed by atoms with Crippen LogP contribution in [0.1, 0.15) is 47.0 Å². The summed E-state index contributed by atoms with van der Waals surface area (Å²) in [6.07, 6.45) is 2.26. The molecule has 0 aliphatic carbocycles. The fourth-order valence-corrected chi connectivity index (χ4v) is 3.27. The van der Waals surface area contributed by atoms with E-state index in [2.05, 4.69) is 6.07 Å². The third-order valence-corrected chi connectivity index (χ3v) is 4.84. The highest BCUT2D eigenvalue weighted by atomic mass is 32.2. The van der Waals surface area contributed by atoms with Crippen LogP contribution in [-0.4, -0.2) is 26.3 Å². The number of carbonyl (C=O) groups is 1. The van der Waals surface area contributed by atoms with Gasteiger partial charge in [0.05, 0.1) is 11.5 Å². The summed E-state index contributed by atoms with van der Waals surface area (Å²) >= 11 is 0. The Hall–Kier alpha value is -0.890. The van der Waals surface area contributed by atoms with Crippen LogP contribution in [-0.2, 0) is 15.6 Å². The molecule has 0 saturated carbocycles. The topological polar surface area (TPSA) is 78.2 Å². The molecule has 0 aliphatic rings. The van der Waals surface area contributed by atoms with Gasteiger partial charge in [0, 0.05) is 16.6 Å². The molecule has 2 atom stereocenters. The van der Waals surface area contributed by atoms with Crippen LogP contribution in [0, 0.1) is 22.7 Å². The average Bonchev–Trinajstić information content (AvgIpc) is 2.23. The molecule has 0 amide bonds. The van der Waals surface area contributed by atoms with Crippen LogP contribution in [0.2, 0.25) is 0 Å². The van der Waals surface area contributed by atoms with Crippen molar-refractivity contribution >= 4 is 16.8 Å². The van der Waals surface area contributed by atoms with Gasteiger partial charge in [-0.1, -0.05) is 20.3 Å². The number of aliphatic carboxylic acids is 1. The molecule has 0 bridgehead atoms. The van der Waals surface area contributed by atoms with Gasteiger partial charge >= 0.3 is 5.97 Å². The van der Waals surface area contributed by atoms with Crippen LogP contribution >= 0.6 is 0 Å². The van der Waals surface area contributed by atoms with Gasteiger partial charge < -0.3 is 5.11 Å². The normalized spacial score (nSPS) is 15.1. The summed E-state index contributed by atoms with van der Waals surface area (Å²) < 4.78 is 11.9. The number of hydrogen-bond donors (Lipinski definition) is 1. The minimum atomic E-state index is -1.33. The number of carboxylic acid groups (broad SMARTS) is 1. The lowest BCUT2D eigenvalue weighted by Crippen LogP contribution is -2.32. The predicted molar refractivity (Wildman–Crippen MR) is 72.5 cm³/mol. The summed E-state index contributed by atoms with van der Waals surface area (Å²) in [4.78, 5) is 11.0. The van der Waals surface area contributed by atoms with Crippen molar-refractivity contribution in [2.24, 2.45) is 11.3 Å². The third-order valence-electron chi connectivity index (χ3n) is 2.83. The molecule has 0 aliphatic heterocycles. The van der Waals surface area contributed by atoms with E-state index in [-0.39, 0.29) is 11.3 Å². The summed E-state index contributed by atoms with van der Waals surface area (Å²) in [6.45, 7) is 7.29. The molecule has 0 fully saturated rings. The predicted octanol–water partition coefficient (Wildman–Crippen LogP) is 2.56. The molecule has 0 saturated heterocycles. The first-order chi connectivity index (χ1) is 8.21. The lowest BCUT2D eigenvalue weighted by Gasteiger charge is -2.17. The Morgan fingerprint density at radius 2 is 1.94 bits per heavy atom. The fraction of sp³-hybridized carbons (Fsp3) is 0.846. The quantitative estimate of drug-likeness (QED) is 0.689. The Labute approximate surface area is 112 Å². The van der Waals surface area contributed by atoms with Gasteiger partial charge in [-0.2, -0.15) is 5.26 Å². The highest BCUT2D eigenvalue weighted by Gasteiger charge is 2.27. The molecule has 1 N–H and O–H groups in total. The number of rotatable bonds is 8. The van der Waals surface area contributed by atoms with Gasteiger partial charge in [-0.25, -0.2) is 0 Å². The van der Waals surface area contributed by atoms with E-state index in [4.69, 9.17) is 10.4 Å². The van der Waals surface area contributed by atoms with E-state index < -0.39 is 22.0 Å². The number of unbranched alkanes of at least 4 members (excludes halogenated alkanes) is 1. The van der Waals surface area contributed by atoms with E-state index in [1.165, 1.54) is 0 Å².